The first-order chi connectivity index (χ1) is 18.8. The SMILES string of the molecule is CC[C@@H]1CN(Cc2cc(C(c3ccc4c(nnn4CC)c3C)C(C)C(=O)O)ccc2C)Cc2cnccc2O1. The fraction of sp³-hybridized carbons (Fsp3) is 0.419. The highest BCUT2D eigenvalue weighted by atomic mass is 16.5. The summed E-state index contributed by atoms with van der Waals surface area (Å²) in [5.74, 6) is -0.852. The van der Waals surface area contributed by atoms with Crippen molar-refractivity contribution < 1.29 is 14.6 Å². The summed E-state index contributed by atoms with van der Waals surface area (Å²) in [5.41, 5.74) is 8.20. The van der Waals surface area contributed by atoms with Gasteiger partial charge in [-0.2, -0.15) is 0 Å². The van der Waals surface area contributed by atoms with E-state index in [1.54, 1.807) is 13.1 Å². The molecule has 0 spiro atoms. The van der Waals surface area contributed by atoms with Gasteiger partial charge in [-0.05, 0) is 67.1 Å². The van der Waals surface area contributed by atoms with Crippen molar-refractivity contribution in [2.75, 3.05) is 6.54 Å². The lowest BCUT2D eigenvalue weighted by molar-refractivity contribution is -0.141. The molecule has 0 fully saturated rings. The number of hydrogen-bond acceptors (Lipinski definition) is 6. The van der Waals surface area contributed by atoms with Crippen LogP contribution < -0.4 is 4.74 Å². The topological polar surface area (TPSA) is 93.4 Å². The number of aromatic nitrogens is 4. The molecular formula is C31H37N5O3. The van der Waals surface area contributed by atoms with Crippen LogP contribution in [0.3, 0.4) is 0 Å². The minimum Gasteiger partial charge on any atom is -0.489 e. The Labute approximate surface area is 229 Å². The van der Waals surface area contributed by atoms with Gasteiger partial charge < -0.3 is 9.84 Å². The van der Waals surface area contributed by atoms with E-state index in [0.717, 1.165) is 71.6 Å². The Morgan fingerprint density at radius 2 is 2.00 bits per heavy atom. The van der Waals surface area contributed by atoms with Crippen LogP contribution in [0.4, 0.5) is 0 Å². The number of ether oxygens (including phenoxy) is 1. The van der Waals surface area contributed by atoms with Crippen molar-refractivity contribution in [3.63, 3.8) is 0 Å². The standard InChI is InChI=1S/C31H37N5O3/c1-6-25-18-35(17-24-15-32-13-12-28(24)39-25)16-23-14-22(9-8-19(23)3)29(21(5)31(37)38)26-10-11-27-30(20(26)4)33-34-36(27)7-2/h8-15,21,25,29H,6-7,16-18H2,1-5H3,(H,37,38)/t21?,25-,29?/m1/s1. The maximum Gasteiger partial charge on any atom is 0.307 e. The van der Waals surface area contributed by atoms with Crippen LogP contribution in [0.25, 0.3) is 11.0 Å². The van der Waals surface area contributed by atoms with Crippen molar-refractivity contribution in [2.45, 2.75) is 72.7 Å². The molecule has 5 rings (SSSR count). The van der Waals surface area contributed by atoms with E-state index in [1.165, 1.54) is 11.1 Å². The molecule has 39 heavy (non-hydrogen) atoms. The number of aliphatic carboxylic acids is 1. The Balaban J connectivity index is 1.53. The first-order valence-electron chi connectivity index (χ1n) is 13.8. The lowest BCUT2D eigenvalue weighted by Crippen LogP contribution is -2.32. The number of rotatable bonds is 8. The van der Waals surface area contributed by atoms with Crippen LogP contribution in [0, 0.1) is 19.8 Å². The maximum absolute atomic E-state index is 12.3. The molecule has 3 atom stereocenters. The first-order valence-corrected chi connectivity index (χ1v) is 13.8. The van der Waals surface area contributed by atoms with Crippen LogP contribution in [-0.2, 0) is 24.4 Å². The van der Waals surface area contributed by atoms with Crippen LogP contribution in [0.5, 0.6) is 5.75 Å². The second kappa shape index (κ2) is 11.1. The van der Waals surface area contributed by atoms with E-state index < -0.39 is 11.9 Å². The third-order valence-electron chi connectivity index (χ3n) is 8.10. The van der Waals surface area contributed by atoms with E-state index in [0.29, 0.717) is 0 Å². The van der Waals surface area contributed by atoms with E-state index in [-0.39, 0.29) is 12.0 Å². The van der Waals surface area contributed by atoms with Crippen molar-refractivity contribution in [1.29, 1.82) is 0 Å². The van der Waals surface area contributed by atoms with Gasteiger partial charge >= 0.3 is 5.97 Å². The third-order valence-corrected chi connectivity index (χ3v) is 8.10. The number of pyridine rings is 1. The van der Waals surface area contributed by atoms with Gasteiger partial charge in [-0.3, -0.25) is 14.7 Å². The predicted molar refractivity (Wildman–Crippen MR) is 151 cm³/mol. The van der Waals surface area contributed by atoms with Crippen LogP contribution >= 0.6 is 0 Å². The fourth-order valence-corrected chi connectivity index (χ4v) is 5.72. The Bertz CT molecular complexity index is 1500. The highest BCUT2D eigenvalue weighted by Crippen LogP contribution is 2.37. The number of benzene rings is 2. The van der Waals surface area contributed by atoms with E-state index in [1.807, 2.05) is 36.9 Å². The summed E-state index contributed by atoms with van der Waals surface area (Å²) in [4.78, 5) is 19.1. The Morgan fingerprint density at radius 1 is 1.18 bits per heavy atom. The molecule has 204 valence electrons. The molecule has 0 saturated heterocycles. The second-order valence-corrected chi connectivity index (χ2v) is 10.6. The van der Waals surface area contributed by atoms with Crippen molar-refractivity contribution in [3.05, 3.63) is 82.2 Å². The summed E-state index contributed by atoms with van der Waals surface area (Å²) in [6.45, 7) is 13.2. The fourth-order valence-electron chi connectivity index (χ4n) is 5.72. The summed E-state index contributed by atoms with van der Waals surface area (Å²) in [6, 6.07) is 12.4. The zero-order valence-corrected chi connectivity index (χ0v) is 23.4. The van der Waals surface area contributed by atoms with Crippen LogP contribution in [0.15, 0.2) is 48.8 Å². The van der Waals surface area contributed by atoms with E-state index >= 15 is 0 Å². The predicted octanol–water partition coefficient (Wildman–Crippen LogP) is 5.49. The molecule has 0 radical (unpaired) electrons. The molecule has 8 heteroatoms. The van der Waals surface area contributed by atoms with Gasteiger partial charge in [-0.25, -0.2) is 4.68 Å². The molecule has 8 nitrogen and oxygen atoms in total. The Hall–Kier alpha value is -3.78. The number of nitrogens with zero attached hydrogens (tertiary/aromatic N) is 5. The van der Waals surface area contributed by atoms with E-state index in [4.69, 9.17) is 4.74 Å². The van der Waals surface area contributed by atoms with Crippen molar-refractivity contribution >= 4 is 17.0 Å². The smallest absolute Gasteiger partial charge is 0.307 e. The molecule has 1 aliphatic rings. The number of hydrogen-bond donors (Lipinski definition) is 1. The first kappa shape index (κ1) is 26.8. The zero-order chi connectivity index (χ0) is 27.7. The molecule has 1 aliphatic heterocycles. The Kier molecular flexibility index (Phi) is 7.66. The van der Waals surface area contributed by atoms with Crippen LogP contribution in [0.2, 0.25) is 0 Å². The summed E-state index contributed by atoms with van der Waals surface area (Å²) < 4.78 is 8.15. The molecule has 0 amide bonds. The molecule has 3 heterocycles. The molecule has 0 bridgehead atoms. The average Bonchev–Trinajstić information content (AvgIpc) is 3.27. The summed E-state index contributed by atoms with van der Waals surface area (Å²) in [6.07, 6.45) is 4.69. The maximum atomic E-state index is 12.3. The quantitative estimate of drug-likeness (QED) is 0.324. The summed E-state index contributed by atoms with van der Waals surface area (Å²) in [5, 5.41) is 18.8. The normalized spacial score (nSPS) is 17.3. The summed E-state index contributed by atoms with van der Waals surface area (Å²) in [7, 11) is 0. The van der Waals surface area contributed by atoms with Gasteiger partial charge in [-0.15, -0.1) is 5.10 Å². The molecule has 2 aromatic heterocycles. The number of carboxylic acids is 1. The number of fused-ring (bicyclic) bond motifs is 2. The summed E-state index contributed by atoms with van der Waals surface area (Å²) >= 11 is 0. The van der Waals surface area contributed by atoms with Gasteiger partial charge in [0.2, 0.25) is 0 Å². The van der Waals surface area contributed by atoms with E-state index in [2.05, 4.69) is 58.3 Å². The second-order valence-electron chi connectivity index (χ2n) is 10.6. The monoisotopic (exact) mass is 527 g/mol. The number of carbonyl (C=O) groups is 1. The van der Waals surface area contributed by atoms with Gasteiger partial charge in [-0.1, -0.05) is 43.3 Å². The van der Waals surface area contributed by atoms with Crippen molar-refractivity contribution in [2.24, 2.45) is 5.92 Å². The lowest BCUT2D eigenvalue weighted by Gasteiger charge is -2.27. The highest BCUT2D eigenvalue weighted by molar-refractivity contribution is 5.81. The zero-order valence-electron chi connectivity index (χ0n) is 23.4. The van der Waals surface area contributed by atoms with E-state index in [9.17, 15) is 9.90 Å². The van der Waals surface area contributed by atoms with Gasteiger partial charge in [0.1, 0.15) is 17.4 Å². The van der Waals surface area contributed by atoms with Crippen molar-refractivity contribution in [1.82, 2.24) is 24.9 Å². The Morgan fingerprint density at radius 3 is 2.74 bits per heavy atom. The molecule has 0 aliphatic carbocycles. The third kappa shape index (κ3) is 5.26. The van der Waals surface area contributed by atoms with Gasteiger partial charge in [0.25, 0.3) is 0 Å². The van der Waals surface area contributed by atoms with Crippen LogP contribution in [0.1, 0.15) is 66.5 Å². The van der Waals surface area contributed by atoms with Gasteiger partial charge in [0.15, 0.2) is 0 Å². The highest BCUT2D eigenvalue weighted by Gasteiger charge is 2.30. The average molecular weight is 528 g/mol. The molecule has 0 saturated carbocycles. The van der Waals surface area contributed by atoms with Crippen molar-refractivity contribution in [3.8, 4) is 5.75 Å². The number of carboxylic acid groups (broad SMARTS) is 1. The lowest BCUT2D eigenvalue weighted by atomic mass is 9.79. The number of aryl methyl sites for hydroxylation is 3. The minimum atomic E-state index is -0.821. The van der Waals surface area contributed by atoms with Gasteiger partial charge in [0.05, 0.1) is 11.4 Å². The van der Waals surface area contributed by atoms with Gasteiger partial charge in [0, 0.05) is 50.1 Å². The molecule has 4 aromatic rings. The molecular weight excluding hydrogens is 490 g/mol. The molecule has 2 aromatic carbocycles. The van der Waals surface area contributed by atoms with Crippen LogP contribution in [-0.4, -0.2) is 48.6 Å². The minimum absolute atomic E-state index is 0.0998. The molecule has 1 N–H and O–H groups in total. The largest absolute Gasteiger partial charge is 0.489 e. The molecule has 2 unspecified atom stereocenters.